The van der Waals surface area contributed by atoms with Crippen molar-refractivity contribution in [3.63, 3.8) is 0 Å². The lowest BCUT2D eigenvalue weighted by Gasteiger charge is -2.10. The largest absolute Gasteiger partial charge is 0.347 e. The number of halogens is 1. The summed E-state index contributed by atoms with van der Waals surface area (Å²) in [5, 5.41) is 16.4. The van der Waals surface area contributed by atoms with E-state index in [9.17, 15) is 4.79 Å². The van der Waals surface area contributed by atoms with E-state index in [0.717, 1.165) is 40.5 Å². The molecule has 4 rings (SSSR count). The molecular weight excluding hydrogens is 386 g/mol. The van der Waals surface area contributed by atoms with E-state index in [0.29, 0.717) is 12.1 Å². The maximum atomic E-state index is 12.5. The first-order chi connectivity index (χ1) is 13.7. The minimum atomic E-state index is -0.302. The molecule has 2 amide bonds. The number of hydrogen-bond acceptors (Lipinski definition) is 3. The Morgan fingerprint density at radius 1 is 1.10 bits per heavy atom. The molecule has 2 heterocycles. The Balaban J connectivity index is 0.00000240. The highest BCUT2D eigenvalue weighted by atomic mass is 35.5. The van der Waals surface area contributed by atoms with E-state index in [1.165, 1.54) is 0 Å². The highest BCUT2D eigenvalue weighted by Crippen LogP contribution is 2.23. The van der Waals surface area contributed by atoms with E-state index in [2.05, 4.69) is 26.3 Å². The molecule has 0 saturated carbocycles. The number of hydrogen-bond donors (Lipinski definition) is 2. The Bertz CT molecular complexity index is 1190. The van der Waals surface area contributed by atoms with E-state index in [-0.39, 0.29) is 18.4 Å². The predicted octanol–water partition coefficient (Wildman–Crippen LogP) is 5.56. The number of urea groups is 1. The van der Waals surface area contributed by atoms with Crippen molar-refractivity contribution < 1.29 is 4.79 Å². The van der Waals surface area contributed by atoms with Crippen molar-refractivity contribution >= 4 is 51.6 Å². The molecule has 0 aliphatic carbocycles. The molecule has 0 radical (unpaired) electrons. The molecule has 2 aromatic heterocycles. The number of anilines is 2. The molecule has 0 atom stereocenters. The molecule has 7 heteroatoms. The normalized spacial score (nSPS) is 10.3. The van der Waals surface area contributed by atoms with Gasteiger partial charge in [0, 0.05) is 47.3 Å². The number of aryl methyl sites for hydroxylation is 1. The fourth-order valence-corrected chi connectivity index (χ4v) is 3.29. The smallest absolute Gasteiger partial charge is 0.323 e. The molecule has 0 bridgehead atoms. The van der Waals surface area contributed by atoms with Gasteiger partial charge in [0.1, 0.15) is 0 Å². The molecule has 0 aliphatic rings. The van der Waals surface area contributed by atoms with E-state index >= 15 is 0 Å². The quantitative estimate of drug-likeness (QED) is 0.426. The number of unbranched alkanes of at least 4 members (excludes halogenated alkanes) is 1. The van der Waals surface area contributed by atoms with Crippen LogP contribution in [0.1, 0.15) is 12.8 Å². The predicted molar refractivity (Wildman–Crippen MR) is 118 cm³/mol. The van der Waals surface area contributed by atoms with Crippen LogP contribution >= 0.6 is 12.4 Å². The maximum absolute atomic E-state index is 12.5. The Morgan fingerprint density at radius 3 is 2.83 bits per heavy atom. The van der Waals surface area contributed by atoms with Gasteiger partial charge in [-0.05, 0) is 42.8 Å². The number of nitriles is 1. The van der Waals surface area contributed by atoms with Crippen molar-refractivity contribution in [2.45, 2.75) is 19.4 Å². The van der Waals surface area contributed by atoms with Crippen LogP contribution in [0.3, 0.4) is 0 Å². The average Bonchev–Trinajstić information content (AvgIpc) is 3.11. The van der Waals surface area contributed by atoms with Gasteiger partial charge >= 0.3 is 6.03 Å². The van der Waals surface area contributed by atoms with Crippen LogP contribution in [0.25, 0.3) is 21.8 Å². The van der Waals surface area contributed by atoms with Crippen LogP contribution in [0.2, 0.25) is 0 Å². The van der Waals surface area contributed by atoms with Gasteiger partial charge < -0.3 is 15.2 Å². The number of nitrogens with zero attached hydrogens (tertiary/aromatic N) is 3. The summed E-state index contributed by atoms with van der Waals surface area (Å²) in [6, 6.07) is 19.2. The lowest BCUT2D eigenvalue weighted by molar-refractivity contribution is 0.262. The third-order valence-electron chi connectivity index (χ3n) is 4.61. The molecule has 6 nitrogen and oxygen atoms in total. The minimum Gasteiger partial charge on any atom is -0.347 e. The number of amides is 2. The minimum absolute atomic E-state index is 0. The van der Waals surface area contributed by atoms with Crippen molar-refractivity contribution in [3.8, 4) is 6.07 Å². The summed E-state index contributed by atoms with van der Waals surface area (Å²) >= 11 is 0. The summed E-state index contributed by atoms with van der Waals surface area (Å²) in [6.07, 6.45) is 5.06. The molecular formula is C22H20ClN5O. The number of pyridine rings is 1. The zero-order valence-electron chi connectivity index (χ0n) is 15.6. The summed E-state index contributed by atoms with van der Waals surface area (Å²) in [4.78, 5) is 16.8. The summed E-state index contributed by atoms with van der Waals surface area (Å²) in [6.45, 7) is 0.805. The fourth-order valence-electron chi connectivity index (χ4n) is 3.29. The first-order valence-corrected chi connectivity index (χ1v) is 9.12. The van der Waals surface area contributed by atoms with Crippen molar-refractivity contribution in [1.82, 2.24) is 9.55 Å². The summed E-state index contributed by atoms with van der Waals surface area (Å²) < 4.78 is 2.12. The molecule has 0 unspecified atom stereocenters. The Labute approximate surface area is 174 Å². The first-order valence-electron chi connectivity index (χ1n) is 9.12. The Hall–Kier alpha value is -3.56. The van der Waals surface area contributed by atoms with E-state index in [1.54, 1.807) is 12.3 Å². The third-order valence-corrected chi connectivity index (χ3v) is 4.61. The molecule has 0 saturated heterocycles. The maximum Gasteiger partial charge on any atom is 0.323 e. The van der Waals surface area contributed by atoms with Crippen LogP contribution in [0.5, 0.6) is 0 Å². The van der Waals surface area contributed by atoms with E-state index in [4.69, 9.17) is 5.26 Å². The number of carbonyl (C=O) groups excluding carboxylic acids is 1. The number of aromatic nitrogens is 2. The van der Waals surface area contributed by atoms with Crippen molar-refractivity contribution in [3.05, 3.63) is 67.0 Å². The highest BCUT2D eigenvalue weighted by molar-refractivity contribution is 6.06. The number of para-hydroxylation sites is 1. The molecule has 0 spiro atoms. The van der Waals surface area contributed by atoms with E-state index in [1.807, 2.05) is 54.7 Å². The van der Waals surface area contributed by atoms with Crippen molar-refractivity contribution in [2.24, 2.45) is 0 Å². The van der Waals surface area contributed by atoms with Gasteiger partial charge in [0.15, 0.2) is 0 Å². The van der Waals surface area contributed by atoms with Crippen LogP contribution in [0, 0.1) is 11.3 Å². The molecule has 146 valence electrons. The van der Waals surface area contributed by atoms with Crippen LogP contribution in [0.15, 0.2) is 67.0 Å². The SMILES string of the molecule is Cl.N#CCCCn1ccc2cc(NC(=O)Nc3ccnc4ccccc34)ccc21. The van der Waals surface area contributed by atoms with Gasteiger partial charge in [0.25, 0.3) is 0 Å². The number of fused-ring (bicyclic) bond motifs is 2. The topological polar surface area (TPSA) is 82.7 Å². The van der Waals surface area contributed by atoms with Gasteiger partial charge in [-0.2, -0.15) is 5.26 Å². The Kier molecular flexibility index (Phi) is 6.32. The molecule has 4 aromatic rings. The van der Waals surface area contributed by atoms with E-state index < -0.39 is 0 Å². The fraction of sp³-hybridized carbons (Fsp3) is 0.136. The monoisotopic (exact) mass is 405 g/mol. The summed E-state index contributed by atoms with van der Waals surface area (Å²) in [5.74, 6) is 0. The van der Waals surface area contributed by atoms with Gasteiger partial charge in [0.05, 0.1) is 17.3 Å². The second kappa shape index (κ2) is 9.09. The zero-order chi connectivity index (χ0) is 19.3. The first kappa shape index (κ1) is 20.2. The number of rotatable bonds is 5. The third kappa shape index (κ3) is 4.48. The second-order valence-electron chi connectivity index (χ2n) is 6.50. The van der Waals surface area contributed by atoms with Gasteiger partial charge in [0.2, 0.25) is 0 Å². The van der Waals surface area contributed by atoms with Gasteiger partial charge in [-0.1, -0.05) is 18.2 Å². The number of benzene rings is 2. The second-order valence-corrected chi connectivity index (χ2v) is 6.50. The molecule has 29 heavy (non-hydrogen) atoms. The van der Waals surface area contributed by atoms with Crippen molar-refractivity contribution in [1.29, 1.82) is 5.26 Å². The van der Waals surface area contributed by atoms with Crippen LogP contribution in [0.4, 0.5) is 16.2 Å². The zero-order valence-corrected chi connectivity index (χ0v) is 16.4. The highest BCUT2D eigenvalue weighted by Gasteiger charge is 2.08. The van der Waals surface area contributed by atoms with Gasteiger partial charge in [-0.15, -0.1) is 12.4 Å². The van der Waals surface area contributed by atoms with Gasteiger partial charge in [-0.25, -0.2) is 4.79 Å². The number of nitrogens with one attached hydrogen (secondary N) is 2. The average molecular weight is 406 g/mol. The van der Waals surface area contributed by atoms with Crippen molar-refractivity contribution in [2.75, 3.05) is 10.6 Å². The van der Waals surface area contributed by atoms with Crippen LogP contribution in [-0.4, -0.2) is 15.6 Å². The summed E-state index contributed by atoms with van der Waals surface area (Å²) in [5.41, 5.74) is 3.36. The molecule has 2 aromatic carbocycles. The van der Waals surface area contributed by atoms with Crippen LogP contribution < -0.4 is 10.6 Å². The molecule has 2 N–H and O–H groups in total. The lowest BCUT2D eigenvalue weighted by atomic mass is 10.2. The van der Waals surface area contributed by atoms with Crippen LogP contribution in [-0.2, 0) is 6.54 Å². The standard InChI is InChI=1S/C22H19N5O.ClH/c23-11-3-4-13-27-14-10-16-15-17(7-8-21(16)27)25-22(28)26-20-9-12-24-19-6-2-1-5-18(19)20;/h1-2,5-10,12,14-15H,3-4,13H2,(H2,24,25,26,28);1H. The number of carbonyl (C=O) groups is 1. The lowest BCUT2D eigenvalue weighted by Crippen LogP contribution is -2.19. The molecule has 0 aliphatic heterocycles. The summed E-state index contributed by atoms with van der Waals surface area (Å²) in [7, 11) is 0. The molecule has 0 fully saturated rings. The Morgan fingerprint density at radius 2 is 1.97 bits per heavy atom. The van der Waals surface area contributed by atoms with Gasteiger partial charge in [-0.3, -0.25) is 4.98 Å².